The monoisotopic (exact) mass is 262 g/mol. The highest BCUT2D eigenvalue weighted by atomic mass is 35.5. The van der Waals surface area contributed by atoms with Gasteiger partial charge in [0.25, 0.3) is 0 Å². The van der Waals surface area contributed by atoms with Gasteiger partial charge in [-0.3, -0.25) is 4.79 Å². The van der Waals surface area contributed by atoms with E-state index < -0.39 is 0 Å². The number of hydrogen-bond donors (Lipinski definition) is 2. The summed E-state index contributed by atoms with van der Waals surface area (Å²) in [6, 6.07) is 0.123. The van der Waals surface area contributed by atoms with Gasteiger partial charge in [0.2, 0.25) is 5.91 Å². The molecule has 4 heteroatoms. The highest BCUT2D eigenvalue weighted by Crippen LogP contribution is 2.40. The van der Waals surface area contributed by atoms with Crippen LogP contribution in [0.1, 0.15) is 58.8 Å². The van der Waals surface area contributed by atoms with Crippen molar-refractivity contribution in [3.63, 3.8) is 0 Å². The summed E-state index contributed by atoms with van der Waals surface area (Å²) in [5, 5.41) is 3.08. The molecule has 1 saturated carbocycles. The van der Waals surface area contributed by atoms with E-state index in [0.29, 0.717) is 11.8 Å². The molecule has 17 heavy (non-hydrogen) atoms. The molecule has 102 valence electrons. The number of rotatable bonds is 6. The van der Waals surface area contributed by atoms with Crippen molar-refractivity contribution in [3.8, 4) is 0 Å². The molecule has 0 heterocycles. The van der Waals surface area contributed by atoms with E-state index in [9.17, 15) is 4.79 Å². The summed E-state index contributed by atoms with van der Waals surface area (Å²) >= 11 is 0. The Balaban J connectivity index is 0.00000256. The van der Waals surface area contributed by atoms with Crippen LogP contribution in [0.2, 0.25) is 0 Å². The minimum absolute atomic E-state index is 0. The third kappa shape index (κ3) is 5.73. The molecule has 0 aromatic heterocycles. The Morgan fingerprint density at radius 2 is 2.00 bits per heavy atom. The quantitative estimate of drug-likeness (QED) is 0.773. The molecule has 3 nitrogen and oxygen atoms in total. The first kappa shape index (κ1) is 16.7. The third-order valence-electron chi connectivity index (χ3n) is 3.90. The SMILES string of the molecule is CCC1(CNC(=O)CCC(C)N)CCCC1.Cl. The summed E-state index contributed by atoms with van der Waals surface area (Å²) < 4.78 is 0. The minimum Gasteiger partial charge on any atom is -0.356 e. The number of amides is 1. The average Bonchev–Trinajstić information content (AvgIpc) is 2.73. The fourth-order valence-electron chi connectivity index (χ4n) is 2.51. The van der Waals surface area contributed by atoms with Gasteiger partial charge in [-0.2, -0.15) is 0 Å². The Kier molecular flexibility index (Phi) is 7.80. The van der Waals surface area contributed by atoms with Crippen molar-refractivity contribution < 1.29 is 4.79 Å². The predicted octanol–water partition coefficient (Wildman–Crippen LogP) is 2.62. The van der Waals surface area contributed by atoms with Gasteiger partial charge in [-0.25, -0.2) is 0 Å². The van der Waals surface area contributed by atoms with Crippen molar-refractivity contribution in [3.05, 3.63) is 0 Å². The average molecular weight is 263 g/mol. The maximum atomic E-state index is 11.6. The van der Waals surface area contributed by atoms with E-state index in [2.05, 4.69) is 12.2 Å². The first-order valence-corrected chi connectivity index (χ1v) is 6.60. The number of hydrogen-bond acceptors (Lipinski definition) is 2. The van der Waals surface area contributed by atoms with Crippen molar-refractivity contribution >= 4 is 18.3 Å². The maximum absolute atomic E-state index is 11.6. The standard InChI is InChI=1S/C13H26N2O.ClH/c1-3-13(8-4-5-9-13)10-15-12(16)7-6-11(2)14;/h11H,3-10,14H2,1-2H3,(H,15,16);1H. The molecule has 0 spiro atoms. The number of carbonyl (C=O) groups excluding carboxylic acids is 1. The summed E-state index contributed by atoms with van der Waals surface area (Å²) in [4.78, 5) is 11.6. The first-order chi connectivity index (χ1) is 7.58. The van der Waals surface area contributed by atoms with Crippen LogP contribution in [0.3, 0.4) is 0 Å². The lowest BCUT2D eigenvalue weighted by Gasteiger charge is -2.27. The summed E-state index contributed by atoms with van der Waals surface area (Å²) in [5.74, 6) is 0.164. The molecular formula is C13H27ClN2O. The van der Waals surface area contributed by atoms with Crippen LogP contribution >= 0.6 is 12.4 Å². The highest BCUT2D eigenvalue weighted by Gasteiger charge is 2.31. The Morgan fingerprint density at radius 1 is 1.41 bits per heavy atom. The molecule has 0 radical (unpaired) electrons. The summed E-state index contributed by atoms with van der Waals surface area (Å²) in [5.41, 5.74) is 6.02. The van der Waals surface area contributed by atoms with E-state index >= 15 is 0 Å². The van der Waals surface area contributed by atoms with Gasteiger partial charge in [0, 0.05) is 19.0 Å². The van der Waals surface area contributed by atoms with Gasteiger partial charge in [-0.15, -0.1) is 12.4 Å². The Hall–Kier alpha value is -0.280. The van der Waals surface area contributed by atoms with Crippen molar-refractivity contribution in [1.29, 1.82) is 0 Å². The zero-order valence-electron chi connectivity index (χ0n) is 11.1. The Morgan fingerprint density at radius 3 is 2.47 bits per heavy atom. The molecule has 0 bridgehead atoms. The topological polar surface area (TPSA) is 55.1 Å². The van der Waals surface area contributed by atoms with Crippen LogP contribution in [-0.2, 0) is 4.79 Å². The lowest BCUT2D eigenvalue weighted by molar-refractivity contribution is -0.121. The van der Waals surface area contributed by atoms with Crippen LogP contribution < -0.4 is 11.1 Å². The maximum Gasteiger partial charge on any atom is 0.220 e. The van der Waals surface area contributed by atoms with Gasteiger partial charge in [-0.05, 0) is 38.0 Å². The smallest absolute Gasteiger partial charge is 0.220 e. The molecule has 0 aliphatic heterocycles. The van der Waals surface area contributed by atoms with E-state index in [0.717, 1.165) is 13.0 Å². The lowest BCUT2D eigenvalue weighted by Crippen LogP contribution is -2.36. The van der Waals surface area contributed by atoms with Crippen molar-refractivity contribution in [1.82, 2.24) is 5.32 Å². The zero-order valence-corrected chi connectivity index (χ0v) is 11.9. The molecule has 1 rings (SSSR count). The van der Waals surface area contributed by atoms with E-state index in [1.54, 1.807) is 0 Å². The molecule has 0 saturated heterocycles. The third-order valence-corrected chi connectivity index (χ3v) is 3.90. The van der Waals surface area contributed by atoms with Gasteiger partial charge in [0.1, 0.15) is 0 Å². The van der Waals surface area contributed by atoms with Crippen LogP contribution in [0.25, 0.3) is 0 Å². The van der Waals surface area contributed by atoms with E-state index in [1.165, 1.54) is 32.1 Å². The van der Waals surface area contributed by atoms with Crippen LogP contribution in [0, 0.1) is 5.41 Å². The molecule has 3 N–H and O–H groups in total. The summed E-state index contributed by atoms with van der Waals surface area (Å²) in [7, 11) is 0. The van der Waals surface area contributed by atoms with Crippen LogP contribution in [0.5, 0.6) is 0 Å². The summed E-state index contributed by atoms with van der Waals surface area (Å²) in [6.07, 6.45) is 7.73. The van der Waals surface area contributed by atoms with Gasteiger partial charge in [0.05, 0.1) is 0 Å². The second-order valence-corrected chi connectivity index (χ2v) is 5.35. The predicted molar refractivity (Wildman–Crippen MR) is 74.3 cm³/mol. The molecule has 1 aliphatic rings. The van der Waals surface area contributed by atoms with Crippen molar-refractivity contribution in [2.75, 3.05) is 6.54 Å². The Labute approximate surface area is 111 Å². The van der Waals surface area contributed by atoms with E-state index in [4.69, 9.17) is 5.73 Å². The number of nitrogens with one attached hydrogen (secondary N) is 1. The fraction of sp³-hybridized carbons (Fsp3) is 0.923. The largest absolute Gasteiger partial charge is 0.356 e. The normalized spacial score (nSPS) is 19.5. The van der Waals surface area contributed by atoms with Gasteiger partial charge < -0.3 is 11.1 Å². The van der Waals surface area contributed by atoms with Crippen molar-refractivity contribution in [2.24, 2.45) is 11.1 Å². The highest BCUT2D eigenvalue weighted by molar-refractivity contribution is 5.85. The molecule has 1 aliphatic carbocycles. The lowest BCUT2D eigenvalue weighted by atomic mass is 9.83. The van der Waals surface area contributed by atoms with Gasteiger partial charge in [0.15, 0.2) is 0 Å². The fourth-order valence-corrected chi connectivity index (χ4v) is 2.51. The van der Waals surface area contributed by atoms with E-state index in [-0.39, 0.29) is 24.4 Å². The molecule has 1 unspecified atom stereocenters. The molecule has 1 amide bonds. The molecular weight excluding hydrogens is 236 g/mol. The van der Waals surface area contributed by atoms with Crippen LogP contribution in [0.4, 0.5) is 0 Å². The molecule has 0 aromatic rings. The first-order valence-electron chi connectivity index (χ1n) is 6.60. The second kappa shape index (κ2) is 7.93. The number of halogens is 1. The van der Waals surface area contributed by atoms with Crippen LogP contribution in [-0.4, -0.2) is 18.5 Å². The molecule has 1 atom stereocenters. The van der Waals surface area contributed by atoms with E-state index in [1.807, 2.05) is 6.92 Å². The van der Waals surface area contributed by atoms with Gasteiger partial charge >= 0.3 is 0 Å². The molecule has 0 aromatic carbocycles. The van der Waals surface area contributed by atoms with Crippen LogP contribution in [0.15, 0.2) is 0 Å². The second-order valence-electron chi connectivity index (χ2n) is 5.35. The Bertz CT molecular complexity index is 225. The van der Waals surface area contributed by atoms with Crippen molar-refractivity contribution in [2.45, 2.75) is 64.8 Å². The minimum atomic E-state index is 0. The van der Waals surface area contributed by atoms with Gasteiger partial charge in [-0.1, -0.05) is 19.8 Å². The zero-order chi connectivity index (χ0) is 12.0. The number of nitrogens with two attached hydrogens (primary N) is 1. The summed E-state index contributed by atoms with van der Waals surface area (Å²) in [6.45, 7) is 5.04. The molecule has 1 fully saturated rings. The number of carbonyl (C=O) groups is 1.